The number of benzene rings is 2. The molecular weight excluding hydrogens is 269 g/mol. The lowest BCUT2D eigenvalue weighted by Crippen LogP contribution is -2.18. The molecule has 4 heteroatoms. The molecule has 21 heavy (non-hydrogen) atoms. The summed E-state index contributed by atoms with van der Waals surface area (Å²) in [6.45, 7) is 5.10. The molecule has 0 fully saturated rings. The van der Waals surface area contributed by atoms with Crippen LogP contribution in [-0.4, -0.2) is 11.7 Å². The van der Waals surface area contributed by atoms with Gasteiger partial charge in [0.1, 0.15) is 23.9 Å². The summed E-state index contributed by atoms with van der Waals surface area (Å²) in [6, 6.07) is 11.4. The van der Waals surface area contributed by atoms with Gasteiger partial charge in [0.05, 0.1) is 0 Å². The molecular formula is C17H20FNO2. The SMILES string of the molecule is CCNC(C)c1cc(F)ccc1OCc1cccc(O)c1. The predicted octanol–water partition coefficient (Wildman–Crippen LogP) is 3.78. The number of halogens is 1. The standard InChI is InChI=1S/C17H20FNO2/c1-3-19-12(2)16-10-14(18)7-8-17(16)21-11-13-5-4-6-15(20)9-13/h4-10,12,19-20H,3,11H2,1-2H3. The highest BCUT2D eigenvalue weighted by molar-refractivity contribution is 5.37. The first-order valence-corrected chi connectivity index (χ1v) is 7.03. The third kappa shape index (κ3) is 4.20. The summed E-state index contributed by atoms with van der Waals surface area (Å²) in [4.78, 5) is 0. The second-order valence-corrected chi connectivity index (χ2v) is 4.92. The van der Waals surface area contributed by atoms with Gasteiger partial charge in [0.25, 0.3) is 0 Å². The van der Waals surface area contributed by atoms with E-state index >= 15 is 0 Å². The molecule has 2 N–H and O–H groups in total. The third-order valence-electron chi connectivity index (χ3n) is 3.25. The van der Waals surface area contributed by atoms with Crippen molar-refractivity contribution in [3.8, 4) is 11.5 Å². The molecule has 1 unspecified atom stereocenters. The van der Waals surface area contributed by atoms with Gasteiger partial charge in [0, 0.05) is 11.6 Å². The van der Waals surface area contributed by atoms with Crippen LogP contribution in [0.25, 0.3) is 0 Å². The molecule has 3 nitrogen and oxygen atoms in total. The van der Waals surface area contributed by atoms with Gasteiger partial charge in [-0.1, -0.05) is 19.1 Å². The number of aromatic hydroxyl groups is 1. The minimum absolute atomic E-state index is 0.00451. The lowest BCUT2D eigenvalue weighted by Gasteiger charge is -2.18. The fourth-order valence-electron chi connectivity index (χ4n) is 2.21. The molecule has 2 rings (SSSR count). The zero-order valence-electron chi connectivity index (χ0n) is 12.3. The summed E-state index contributed by atoms with van der Waals surface area (Å²) >= 11 is 0. The van der Waals surface area contributed by atoms with E-state index in [2.05, 4.69) is 5.32 Å². The Labute approximate surface area is 124 Å². The third-order valence-corrected chi connectivity index (χ3v) is 3.25. The van der Waals surface area contributed by atoms with Crippen LogP contribution in [0.5, 0.6) is 11.5 Å². The minimum Gasteiger partial charge on any atom is -0.508 e. The maximum Gasteiger partial charge on any atom is 0.124 e. The molecule has 0 aliphatic rings. The zero-order chi connectivity index (χ0) is 15.2. The molecule has 0 saturated carbocycles. The van der Waals surface area contributed by atoms with E-state index in [1.54, 1.807) is 24.3 Å². The number of phenols is 1. The van der Waals surface area contributed by atoms with Crippen LogP contribution in [0.15, 0.2) is 42.5 Å². The van der Waals surface area contributed by atoms with Crippen molar-refractivity contribution >= 4 is 0 Å². The van der Waals surface area contributed by atoms with E-state index in [9.17, 15) is 9.50 Å². The van der Waals surface area contributed by atoms with Gasteiger partial charge in [0.15, 0.2) is 0 Å². The van der Waals surface area contributed by atoms with E-state index in [1.807, 2.05) is 19.9 Å². The Morgan fingerprint density at radius 1 is 1.24 bits per heavy atom. The molecule has 0 saturated heterocycles. The molecule has 0 radical (unpaired) electrons. The molecule has 0 aliphatic carbocycles. The van der Waals surface area contributed by atoms with Gasteiger partial charge in [-0.3, -0.25) is 0 Å². The van der Waals surface area contributed by atoms with Crippen LogP contribution in [-0.2, 0) is 6.61 Å². The van der Waals surface area contributed by atoms with Crippen LogP contribution in [0.3, 0.4) is 0 Å². The highest BCUT2D eigenvalue weighted by Crippen LogP contribution is 2.27. The van der Waals surface area contributed by atoms with Crippen LogP contribution in [0, 0.1) is 5.82 Å². The van der Waals surface area contributed by atoms with Crippen molar-refractivity contribution in [2.75, 3.05) is 6.54 Å². The molecule has 0 spiro atoms. The van der Waals surface area contributed by atoms with Crippen LogP contribution in [0.2, 0.25) is 0 Å². The second-order valence-electron chi connectivity index (χ2n) is 4.92. The van der Waals surface area contributed by atoms with Gasteiger partial charge in [-0.25, -0.2) is 4.39 Å². The van der Waals surface area contributed by atoms with Crippen molar-refractivity contribution in [2.24, 2.45) is 0 Å². The molecule has 1 atom stereocenters. The normalized spacial score (nSPS) is 12.1. The first-order chi connectivity index (χ1) is 10.1. The number of rotatable bonds is 6. The second kappa shape index (κ2) is 7.09. The topological polar surface area (TPSA) is 41.5 Å². The average Bonchev–Trinajstić information content (AvgIpc) is 2.46. The molecule has 112 valence electrons. The number of hydrogen-bond donors (Lipinski definition) is 2. The molecule has 0 heterocycles. The minimum atomic E-state index is -0.278. The van der Waals surface area contributed by atoms with E-state index in [0.717, 1.165) is 17.7 Å². The summed E-state index contributed by atoms with van der Waals surface area (Å²) in [6.07, 6.45) is 0. The average molecular weight is 289 g/mol. The highest BCUT2D eigenvalue weighted by atomic mass is 19.1. The maximum absolute atomic E-state index is 13.4. The Morgan fingerprint density at radius 3 is 2.76 bits per heavy atom. The van der Waals surface area contributed by atoms with Crippen molar-refractivity contribution in [3.63, 3.8) is 0 Å². The van der Waals surface area contributed by atoms with Gasteiger partial charge in [-0.15, -0.1) is 0 Å². The molecule has 0 amide bonds. The largest absolute Gasteiger partial charge is 0.508 e. The molecule has 2 aromatic rings. The fourth-order valence-corrected chi connectivity index (χ4v) is 2.21. The van der Waals surface area contributed by atoms with E-state index in [0.29, 0.717) is 12.4 Å². The summed E-state index contributed by atoms with van der Waals surface area (Å²) in [5.41, 5.74) is 1.65. The van der Waals surface area contributed by atoms with Gasteiger partial charge < -0.3 is 15.2 Å². The monoisotopic (exact) mass is 289 g/mol. The lowest BCUT2D eigenvalue weighted by atomic mass is 10.1. The Hall–Kier alpha value is -2.07. The first kappa shape index (κ1) is 15.3. The van der Waals surface area contributed by atoms with Crippen molar-refractivity contribution in [1.82, 2.24) is 5.32 Å². The van der Waals surface area contributed by atoms with Crippen LogP contribution in [0.4, 0.5) is 4.39 Å². The number of phenolic OH excluding ortho intramolecular Hbond substituents is 1. The molecule has 0 aliphatic heterocycles. The van der Waals surface area contributed by atoms with E-state index in [-0.39, 0.29) is 17.6 Å². The number of hydrogen-bond acceptors (Lipinski definition) is 3. The van der Waals surface area contributed by atoms with Gasteiger partial charge in [-0.05, 0) is 49.4 Å². The van der Waals surface area contributed by atoms with Gasteiger partial charge in [-0.2, -0.15) is 0 Å². The lowest BCUT2D eigenvalue weighted by molar-refractivity contribution is 0.298. The highest BCUT2D eigenvalue weighted by Gasteiger charge is 2.12. The summed E-state index contributed by atoms with van der Waals surface area (Å²) in [5, 5.41) is 12.7. The first-order valence-electron chi connectivity index (χ1n) is 7.03. The Morgan fingerprint density at radius 2 is 2.05 bits per heavy atom. The van der Waals surface area contributed by atoms with Crippen molar-refractivity contribution in [3.05, 3.63) is 59.4 Å². The van der Waals surface area contributed by atoms with Crippen molar-refractivity contribution < 1.29 is 14.2 Å². The number of ether oxygens (including phenoxy) is 1. The molecule has 2 aromatic carbocycles. The fraction of sp³-hybridized carbons (Fsp3) is 0.294. The van der Waals surface area contributed by atoms with Gasteiger partial charge in [0.2, 0.25) is 0 Å². The summed E-state index contributed by atoms with van der Waals surface area (Å²) in [5.74, 6) is 0.573. The molecule has 0 bridgehead atoms. The quantitative estimate of drug-likeness (QED) is 0.850. The van der Waals surface area contributed by atoms with Crippen molar-refractivity contribution in [2.45, 2.75) is 26.5 Å². The predicted molar refractivity (Wildman–Crippen MR) is 80.9 cm³/mol. The molecule has 0 aromatic heterocycles. The van der Waals surface area contributed by atoms with E-state index in [4.69, 9.17) is 4.74 Å². The Bertz CT molecular complexity index is 601. The Balaban J connectivity index is 2.15. The summed E-state index contributed by atoms with van der Waals surface area (Å²) in [7, 11) is 0. The van der Waals surface area contributed by atoms with E-state index < -0.39 is 0 Å². The number of nitrogens with one attached hydrogen (secondary N) is 1. The van der Waals surface area contributed by atoms with E-state index in [1.165, 1.54) is 12.1 Å². The van der Waals surface area contributed by atoms with Crippen LogP contribution in [0.1, 0.15) is 31.0 Å². The smallest absolute Gasteiger partial charge is 0.124 e. The Kier molecular flexibility index (Phi) is 5.17. The van der Waals surface area contributed by atoms with Crippen LogP contribution < -0.4 is 10.1 Å². The summed E-state index contributed by atoms with van der Waals surface area (Å²) < 4.78 is 19.2. The van der Waals surface area contributed by atoms with Crippen molar-refractivity contribution in [1.29, 1.82) is 0 Å². The zero-order valence-corrected chi connectivity index (χ0v) is 12.3. The maximum atomic E-state index is 13.4. The van der Waals surface area contributed by atoms with Crippen LogP contribution >= 0.6 is 0 Å². The van der Waals surface area contributed by atoms with Gasteiger partial charge >= 0.3 is 0 Å².